The highest BCUT2D eigenvalue weighted by atomic mass is 32.1. The summed E-state index contributed by atoms with van der Waals surface area (Å²) in [6.07, 6.45) is 1.29. The molecule has 0 fully saturated rings. The van der Waals surface area contributed by atoms with Crippen molar-refractivity contribution in [2.24, 2.45) is 5.73 Å². The summed E-state index contributed by atoms with van der Waals surface area (Å²) in [5, 5.41) is 0. The number of carbonyl (C=O) groups excluding carboxylic acids is 1. The van der Waals surface area contributed by atoms with Gasteiger partial charge < -0.3 is 10.6 Å². The van der Waals surface area contributed by atoms with Gasteiger partial charge in [0.05, 0.1) is 17.7 Å². The minimum absolute atomic E-state index is 0.147. The predicted molar refractivity (Wildman–Crippen MR) is 61.6 cm³/mol. The minimum atomic E-state index is 0.147. The summed E-state index contributed by atoms with van der Waals surface area (Å²) in [6.45, 7) is 3.18. The van der Waals surface area contributed by atoms with E-state index in [0.29, 0.717) is 19.5 Å². The molecule has 0 aliphatic heterocycles. The lowest BCUT2D eigenvalue weighted by Crippen LogP contribution is -2.26. The van der Waals surface area contributed by atoms with E-state index in [1.165, 1.54) is 0 Å². The van der Waals surface area contributed by atoms with Gasteiger partial charge in [-0.3, -0.25) is 4.79 Å². The Kier molecular flexibility index (Phi) is 4.71. The smallest absolute Gasteiger partial charge is 0.222 e. The van der Waals surface area contributed by atoms with Gasteiger partial charge in [0.1, 0.15) is 0 Å². The number of rotatable bonds is 5. The van der Waals surface area contributed by atoms with Crippen LogP contribution in [0.15, 0.2) is 5.51 Å². The Morgan fingerprint density at radius 1 is 1.67 bits per heavy atom. The zero-order valence-electron chi connectivity index (χ0n) is 9.19. The zero-order chi connectivity index (χ0) is 11.3. The highest BCUT2D eigenvalue weighted by molar-refractivity contribution is 7.09. The average Bonchev–Trinajstić information content (AvgIpc) is 2.61. The van der Waals surface area contributed by atoms with Crippen molar-refractivity contribution in [3.63, 3.8) is 0 Å². The maximum absolute atomic E-state index is 11.6. The van der Waals surface area contributed by atoms with E-state index < -0.39 is 0 Å². The van der Waals surface area contributed by atoms with E-state index >= 15 is 0 Å². The quantitative estimate of drug-likeness (QED) is 0.821. The molecule has 1 rings (SSSR count). The monoisotopic (exact) mass is 227 g/mol. The molecule has 0 aliphatic carbocycles. The van der Waals surface area contributed by atoms with Gasteiger partial charge in [0.15, 0.2) is 0 Å². The average molecular weight is 227 g/mol. The molecule has 0 aliphatic rings. The molecule has 4 nitrogen and oxygen atoms in total. The van der Waals surface area contributed by atoms with Crippen molar-refractivity contribution in [2.75, 3.05) is 13.6 Å². The number of amides is 1. The fourth-order valence-electron chi connectivity index (χ4n) is 1.23. The molecule has 0 atom stereocenters. The Morgan fingerprint density at radius 3 is 2.93 bits per heavy atom. The molecule has 1 amide bonds. The third-order valence-electron chi connectivity index (χ3n) is 2.25. The Hall–Kier alpha value is -0.940. The lowest BCUT2D eigenvalue weighted by molar-refractivity contribution is -0.130. The lowest BCUT2D eigenvalue weighted by Gasteiger charge is -2.16. The third-order valence-corrected chi connectivity index (χ3v) is 3.17. The van der Waals surface area contributed by atoms with Crippen LogP contribution in [0.4, 0.5) is 0 Å². The molecule has 0 bridgehead atoms. The molecule has 1 heterocycles. The minimum Gasteiger partial charge on any atom is -0.341 e. The summed E-state index contributed by atoms with van der Waals surface area (Å²) in [4.78, 5) is 18.6. The maximum Gasteiger partial charge on any atom is 0.222 e. The SMILES string of the molecule is Cc1ncsc1CN(C)C(=O)CCCN. The largest absolute Gasteiger partial charge is 0.341 e. The molecule has 15 heavy (non-hydrogen) atoms. The first kappa shape index (κ1) is 12.1. The molecule has 0 spiro atoms. The standard InChI is InChI=1S/C10H17N3OS/c1-8-9(15-7-12-8)6-13(2)10(14)4-3-5-11/h7H,3-6,11H2,1-2H3. The molecule has 0 saturated heterocycles. The van der Waals surface area contributed by atoms with Gasteiger partial charge in [-0.2, -0.15) is 0 Å². The van der Waals surface area contributed by atoms with E-state index in [1.807, 2.05) is 19.5 Å². The first-order chi connectivity index (χ1) is 7.15. The van der Waals surface area contributed by atoms with Gasteiger partial charge in [-0.05, 0) is 19.9 Å². The molecule has 0 radical (unpaired) electrons. The number of nitrogens with zero attached hydrogens (tertiary/aromatic N) is 2. The number of nitrogens with two attached hydrogens (primary N) is 1. The first-order valence-electron chi connectivity index (χ1n) is 4.98. The van der Waals surface area contributed by atoms with Crippen LogP contribution in [-0.2, 0) is 11.3 Å². The van der Waals surface area contributed by atoms with Gasteiger partial charge in [0, 0.05) is 18.3 Å². The number of thiazole rings is 1. The molecule has 0 unspecified atom stereocenters. The first-order valence-corrected chi connectivity index (χ1v) is 5.86. The Bertz CT molecular complexity index is 324. The number of aryl methyl sites for hydroxylation is 1. The van der Waals surface area contributed by atoms with Crippen molar-refractivity contribution < 1.29 is 4.79 Å². The van der Waals surface area contributed by atoms with Crippen LogP contribution in [0.1, 0.15) is 23.4 Å². The lowest BCUT2D eigenvalue weighted by atomic mass is 10.2. The number of aromatic nitrogens is 1. The summed E-state index contributed by atoms with van der Waals surface area (Å²) >= 11 is 1.59. The Balaban J connectivity index is 2.45. The van der Waals surface area contributed by atoms with Crippen LogP contribution in [-0.4, -0.2) is 29.4 Å². The summed E-state index contributed by atoms with van der Waals surface area (Å²) in [6, 6.07) is 0. The van der Waals surface area contributed by atoms with E-state index in [1.54, 1.807) is 16.2 Å². The van der Waals surface area contributed by atoms with Gasteiger partial charge in [-0.15, -0.1) is 11.3 Å². The van der Waals surface area contributed by atoms with Gasteiger partial charge in [0.25, 0.3) is 0 Å². The van der Waals surface area contributed by atoms with Crippen LogP contribution >= 0.6 is 11.3 Å². The summed E-state index contributed by atoms with van der Waals surface area (Å²) in [5.41, 5.74) is 8.18. The predicted octanol–water partition coefficient (Wildman–Crippen LogP) is 1.15. The third kappa shape index (κ3) is 3.60. The Labute approximate surface area is 94.1 Å². The van der Waals surface area contributed by atoms with Crippen molar-refractivity contribution in [1.29, 1.82) is 0 Å². The van der Waals surface area contributed by atoms with Crippen LogP contribution in [0.5, 0.6) is 0 Å². The van der Waals surface area contributed by atoms with Crippen LogP contribution in [0, 0.1) is 6.92 Å². The molecular formula is C10H17N3OS. The van der Waals surface area contributed by atoms with Crippen LogP contribution in [0.25, 0.3) is 0 Å². The van der Waals surface area contributed by atoms with Crippen molar-refractivity contribution in [2.45, 2.75) is 26.3 Å². The summed E-state index contributed by atoms with van der Waals surface area (Å²) < 4.78 is 0. The molecule has 0 saturated carbocycles. The highest BCUT2D eigenvalue weighted by Gasteiger charge is 2.10. The second-order valence-electron chi connectivity index (χ2n) is 3.50. The van der Waals surface area contributed by atoms with Gasteiger partial charge in [-0.25, -0.2) is 4.98 Å². The second-order valence-corrected chi connectivity index (χ2v) is 4.44. The van der Waals surface area contributed by atoms with E-state index in [2.05, 4.69) is 4.98 Å². The molecule has 0 aromatic carbocycles. The number of hydrogen-bond donors (Lipinski definition) is 1. The zero-order valence-corrected chi connectivity index (χ0v) is 10.0. The molecule has 5 heteroatoms. The van der Waals surface area contributed by atoms with E-state index in [0.717, 1.165) is 17.0 Å². The van der Waals surface area contributed by atoms with Crippen LogP contribution in [0.3, 0.4) is 0 Å². The topological polar surface area (TPSA) is 59.2 Å². The van der Waals surface area contributed by atoms with E-state index in [9.17, 15) is 4.79 Å². The Morgan fingerprint density at radius 2 is 2.40 bits per heavy atom. The van der Waals surface area contributed by atoms with Crippen molar-refractivity contribution in [1.82, 2.24) is 9.88 Å². The molecule has 2 N–H and O–H groups in total. The van der Waals surface area contributed by atoms with Crippen molar-refractivity contribution in [3.05, 3.63) is 16.1 Å². The van der Waals surface area contributed by atoms with E-state index in [4.69, 9.17) is 5.73 Å². The fraction of sp³-hybridized carbons (Fsp3) is 0.600. The van der Waals surface area contributed by atoms with Gasteiger partial charge in [-0.1, -0.05) is 0 Å². The van der Waals surface area contributed by atoms with E-state index in [-0.39, 0.29) is 5.91 Å². The highest BCUT2D eigenvalue weighted by Crippen LogP contribution is 2.14. The van der Waals surface area contributed by atoms with Crippen molar-refractivity contribution in [3.8, 4) is 0 Å². The van der Waals surface area contributed by atoms with Gasteiger partial charge >= 0.3 is 0 Å². The second kappa shape index (κ2) is 5.82. The maximum atomic E-state index is 11.6. The molecule has 84 valence electrons. The van der Waals surface area contributed by atoms with Gasteiger partial charge in [0.2, 0.25) is 5.91 Å². The number of hydrogen-bond acceptors (Lipinski definition) is 4. The van der Waals surface area contributed by atoms with Crippen molar-refractivity contribution >= 4 is 17.2 Å². The van der Waals surface area contributed by atoms with Crippen LogP contribution in [0.2, 0.25) is 0 Å². The normalized spacial score (nSPS) is 10.3. The number of carbonyl (C=O) groups is 1. The molecule has 1 aromatic rings. The fourth-order valence-corrected chi connectivity index (χ4v) is 2.06. The van der Waals surface area contributed by atoms with Crippen LogP contribution < -0.4 is 5.73 Å². The summed E-state index contributed by atoms with van der Waals surface area (Å²) in [7, 11) is 1.82. The summed E-state index contributed by atoms with van der Waals surface area (Å²) in [5.74, 6) is 0.147. The molecule has 1 aromatic heterocycles. The molecular weight excluding hydrogens is 210 g/mol.